The summed E-state index contributed by atoms with van der Waals surface area (Å²) in [7, 11) is 0. The van der Waals surface area contributed by atoms with Crippen LogP contribution in [0, 0.1) is 0 Å². The Morgan fingerprint density at radius 1 is 1.26 bits per heavy atom. The van der Waals surface area contributed by atoms with Crippen LogP contribution in [0.3, 0.4) is 0 Å². The molecule has 0 amide bonds. The van der Waals surface area contributed by atoms with Gasteiger partial charge in [0.25, 0.3) is 0 Å². The Balaban J connectivity index is 1.87. The first-order chi connectivity index (χ1) is 8.97. The summed E-state index contributed by atoms with van der Waals surface area (Å²) in [6, 6.07) is 8.82. The SMILES string of the molecule is CC(C)(C)c1ccc(CCC(=O)C2CCCN2)cc1. The van der Waals surface area contributed by atoms with Crippen LogP contribution in [0.5, 0.6) is 0 Å². The average Bonchev–Trinajstić information content (AvgIpc) is 2.89. The van der Waals surface area contributed by atoms with Crippen LogP contribution in [0.15, 0.2) is 24.3 Å². The van der Waals surface area contributed by atoms with Gasteiger partial charge in [-0.15, -0.1) is 0 Å². The first-order valence-electron chi connectivity index (χ1n) is 7.32. The monoisotopic (exact) mass is 259 g/mol. The van der Waals surface area contributed by atoms with Crippen molar-refractivity contribution in [1.82, 2.24) is 5.32 Å². The lowest BCUT2D eigenvalue weighted by molar-refractivity contribution is -0.120. The summed E-state index contributed by atoms with van der Waals surface area (Å²) >= 11 is 0. The molecule has 1 N–H and O–H groups in total. The second-order valence-corrected chi connectivity index (χ2v) is 6.56. The largest absolute Gasteiger partial charge is 0.307 e. The van der Waals surface area contributed by atoms with Crippen molar-refractivity contribution in [2.75, 3.05) is 6.54 Å². The predicted molar refractivity (Wildman–Crippen MR) is 79.5 cm³/mol. The molecule has 1 unspecified atom stereocenters. The molecule has 0 bridgehead atoms. The van der Waals surface area contributed by atoms with Gasteiger partial charge >= 0.3 is 0 Å². The molecular formula is C17H25NO. The second kappa shape index (κ2) is 5.87. The van der Waals surface area contributed by atoms with E-state index in [2.05, 4.69) is 50.4 Å². The molecular weight excluding hydrogens is 234 g/mol. The third kappa shape index (κ3) is 3.90. The van der Waals surface area contributed by atoms with Gasteiger partial charge in [0.15, 0.2) is 0 Å². The fourth-order valence-corrected chi connectivity index (χ4v) is 2.57. The number of carbonyl (C=O) groups is 1. The molecule has 2 heteroatoms. The molecule has 104 valence electrons. The Morgan fingerprint density at radius 2 is 1.95 bits per heavy atom. The van der Waals surface area contributed by atoms with Crippen molar-refractivity contribution in [3.8, 4) is 0 Å². The third-order valence-electron chi connectivity index (χ3n) is 3.93. The van der Waals surface area contributed by atoms with Crippen LogP contribution in [0.25, 0.3) is 0 Å². The topological polar surface area (TPSA) is 29.1 Å². The molecule has 1 atom stereocenters. The van der Waals surface area contributed by atoms with Gasteiger partial charge in [-0.2, -0.15) is 0 Å². The van der Waals surface area contributed by atoms with Crippen molar-refractivity contribution in [3.05, 3.63) is 35.4 Å². The molecule has 0 aliphatic carbocycles. The van der Waals surface area contributed by atoms with Crippen LogP contribution in [0.1, 0.15) is 51.2 Å². The van der Waals surface area contributed by atoms with E-state index >= 15 is 0 Å². The number of carbonyl (C=O) groups excluding carboxylic acids is 1. The first kappa shape index (κ1) is 14.3. The molecule has 2 nitrogen and oxygen atoms in total. The minimum absolute atomic E-state index is 0.119. The number of rotatable bonds is 4. The van der Waals surface area contributed by atoms with E-state index in [9.17, 15) is 4.79 Å². The lowest BCUT2D eigenvalue weighted by atomic mass is 9.86. The minimum atomic E-state index is 0.119. The Bertz CT molecular complexity index is 422. The van der Waals surface area contributed by atoms with Gasteiger partial charge in [-0.05, 0) is 42.3 Å². The number of benzene rings is 1. The number of Topliss-reactive ketones (excluding diaryl/α,β-unsaturated/α-hetero) is 1. The molecule has 1 heterocycles. The van der Waals surface area contributed by atoms with Gasteiger partial charge in [0, 0.05) is 6.42 Å². The molecule has 1 aliphatic rings. The van der Waals surface area contributed by atoms with Crippen molar-refractivity contribution in [3.63, 3.8) is 0 Å². The molecule has 1 saturated heterocycles. The van der Waals surface area contributed by atoms with Crippen LogP contribution in [-0.2, 0) is 16.6 Å². The fourth-order valence-electron chi connectivity index (χ4n) is 2.57. The van der Waals surface area contributed by atoms with Crippen LogP contribution in [0.4, 0.5) is 0 Å². The van der Waals surface area contributed by atoms with E-state index < -0.39 is 0 Å². The zero-order valence-electron chi connectivity index (χ0n) is 12.3. The number of hydrogen-bond donors (Lipinski definition) is 1. The van der Waals surface area contributed by atoms with E-state index in [-0.39, 0.29) is 11.5 Å². The lowest BCUT2D eigenvalue weighted by Crippen LogP contribution is -2.30. The van der Waals surface area contributed by atoms with E-state index in [1.165, 1.54) is 11.1 Å². The van der Waals surface area contributed by atoms with E-state index in [1.807, 2.05) is 0 Å². The third-order valence-corrected chi connectivity index (χ3v) is 3.93. The Hall–Kier alpha value is -1.15. The maximum Gasteiger partial charge on any atom is 0.150 e. The molecule has 19 heavy (non-hydrogen) atoms. The van der Waals surface area contributed by atoms with Crippen molar-refractivity contribution in [2.45, 2.75) is 57.9 Å². The molecule has 1 aromatic carbocycles. The summed E-state index contributed by atoms with van der Waals surface area (Å²) in [5.74, 6) is 0.373. The number of nitrogens with one attached hydrogen (secondary N) is 1. The number of aryl methyl sites for hydroxylation is 1. The van der Waals surface area contributed by atoms with Crippen LogP contribution in [0.2, 0.25) is 0 Å². The summed E-state index contributed by atoms with van der Waals surface area (Å²) in [6.07, 6.45) is 3.67. The molecule has 0 spiro atoms. The minimum Gasteiger partial charge on any atom is -0.307 e. The van der Waals surface area contributed by atoms with E-state index in [4.69, 9.17) is 0 Å². The summed E-state index contributed by atoms with van der Waals surface area (Å²) in [5.41, 5.74) is 2.81. The van der Waals surface area contributed by atoms with Gasteiger partial charge in [-0.1, -0.05) is 45.0 Å². The maximum atomic E-state index is 12.0. The molecule has 0 radical (unpaired) electrons. The van der Waals surface area contributed by atoms with E-state index in [0.29, 0.717) is 12.2 Å². The highest BCUT2D eigenvalue weighted by molar-refractivity contribution is 5.84. The van der Waals surface area contributed by atoms with Gasteiger partial charge < -0.3 is 5.32 Å². The standard InChI is InChI=1S/C17H25NO/c1-17(2,3)14-9-6-13(7-10-14)8-11-16(19)15-5-4-12-18-15/h6-7,9-10,15,18H,4-5,8,11-12H2,1-3H3. The van der Waals surface area contributed by atoms with Crippen LogP contribution < -0.4 is 5.32 Å². The number of ketones is 1. The van der Waals surface area contributed by atoms with Crippen molar-refractivity contribution < 1.29 is 4.79 Å². The quantitative estimate of drug-likeness (QED) is 0.899. The molecule has 2 rings (SSSR count). The molecule has 0 aromatic heterocycles. The van der Waals surface area contributed by atoms with Crippen LogP contribution >= 0.6 is 0 Å². The van der Waals surface area contributed by atoms with Crippen molar-refractivity contribution in [2.24, 2.45) is 0 Å². The second-order valence-electron chi connectivity index (χ2n) is 6.56. The smallest absolute Gasteiger partial charge is 0.150 e. The predicted octanol–water partition coefficient (Wildman–Crippen LogP) is 3.24. The Kier molecular flexibility index (Phi) is 4.41. The molecule has 1 fully saturated rings. The molecule has 0 saturated carbocycles. The lowest BCUT2D eigenvalue weighted by Gasteiger charge is -2.19. The zero-order valence-corrected chi connectivity index (χ0v) is 12.3. The zero-order chi connectivity index (χ0) is 13.9. The van der Waals surface area contributed by atoms with Gasteiger partial charge in [-0.3, -0.25) is 4.79 Å². The average molecular weight is 259 g/mol. The molecule has 1 aliphatic heterocycles. The van der Waals surface area contributed by atoms with E-state index in [0.717, 1.165) is 25.8 Å². The molecule has 1 aromatic rings. The summed E-state index contributed by atoms with van der Waals surface area (Å²) < 4.78 is 0. The highest BCUT2D eigenvalue weighted by atomic mass is 16.1. The summed E-state index contributed by atoms with van der Waals surface area (Å²) in [5, 5.41) is 3.27. The Labute approximate surface area is 116 Å². The highest BCUT2D eigenvalue weighted by Gasteiger charge is 2.21. The number of hydrogen-bond acceptors (Lipinski definition) is 2. The fraction of sp³-hybridized carbons (Fsp3) is 0.588. The van der Waals surface area contributed by atoms with E-state index in [1.54, 1.807) is 0 Å². The van der Waals surface area contributed by atoms with Gasteiger partial charge in [0.1, 0.15) is 5.78 Å². The maximum absolute atomic E-state index is 12.0. The van der Waals surface area contributed by atoms with Gasteiger partial charge in [-0.25, -0.2) is 0 Å². The first-order valence-corrected chi connectivity index (χ1v) is 7.32. The normalized spacial score (nSPS) is 19.6. The van der Waals surface area contributed by atoms with Crippen molar-refractivity contribution >= 4 is 5.78 Å². The summed E-state index contributed by atoms with van der Waals surface area (Å²) in [6.45, 7) is 7.66. The van der Waals surface area contributed by atoms with Gasteiger partial charge in [0.05, 0.1) is 6.04 Å². The Morgan fingerprint density at radius 3 is 2.47 bits per heavy atom. The van der Waals surface area contributed by atoms with Crippen molar-refractivity contribution in [1.29, 1.82) is 0 Å². The highest BCUT2D eigenvalue weighted by Crippen LogP contribution is 2.22. The van der Waals surface area contributed by atoms with Crippen LogP contribution in [-0.4, -0.2) is 18.4 Å². The van der Waals surface area contributed by atoms with Gasteiger partial charge in [0.2, 0.25) is 0 Å². The summed E-state index contributed by atoms with van der Waals surface area (Å²) in [4.78, 5) is 12.0.